The van der Waals surface area contributed by atoms with Crippen molar-refractivity contribution in [2.24, 2.45) is 4.99 Å². The van der Waals surface area contributed by atoms with Crippen molar-refractivity contribution < 1.29 is 6.22 Å². The Morgan fingerprint density at radius 3 is 2.67 bits per heavy atom. The lowest BCUT2D eigenvalue weighted by atomic mass is 10.4. The van der Waals surface area contributed by atoms with Crippen molar-refractivity contribution in [2.45, 2.75) is 20.3 Å². The van der Waals surface area contributed by atoms with Crippen LogP contribution >= 0.6 is 11.8 Å². The van der Waals surface area contributed by atoms with Crippen molar-refractivity contribution in [3.05, 3.63) is 12.3 Å². The molecule has 70 valence electrons. The smallest absolute Gasteiger partial charge is 0.222 e. The molecule has 0 saturated carbocycles. The first-order valence-corrected chi connectivity index (χ1v) is 4.90. The van der Waals surface area contributed by atoms with Crippen molar-refractivity contribution >= 4 is 22.8 Å². The molecule has 0 aliphatic carbocycles. The van der Waals surface area contributed by atoms with Gasteiger partial charge in [0.2, 0.25) is 5.91 Å². The molecule has 0 aliphatic heterocycles. The number of amides is 1. The predicted molar refractivity (Wildman–Crippen MR) is 56.3 cm³/mol. The molecule has 0 rings (SSSR count). The van der Waals surface area contributed by atoms with Gasteiger partial charge in [0.1, 0.15) is 0 Å². The lowest BCUT2D eigenvalue weighted by Crippen LogP contribution is -2.25. The van der Waals surface area contributed by atoms with Gasteiger partial charge in [-0.15, -0.1) is 0 Å². The summed E-state index contributed by atoms with van der Waals surface area (Å²) in [6.07, 6.45) is 2.65. The third-order valence-electron chi connectivity index (χ3n) is 1.14. The SMILES string of the molecule is C=C(CC)N=C(NC(C)=O)SC.[HH]. The third kappa shape index (κ3) is 4.96. The van der Waals surface area contributed by atoms with Gasteiger partial charge in [0.15, 0.2) is 5.17 Å². The quantitative estimate of drug-likeness (QED) is 0.532. The Morgan fingerprint density at radius 2 is 2.33 bits per heavy atom. The van der Waals surface area contributed by atoms with Gasteiger partial charge in [-0.25, -0.2) is 4.99 Å². The Morgan fingerprint density at radius 1 is 1.75 bits per heavy atom. The van der Waals surface area contributed by atoms with Gasteiger partial charge in [-0.3, -0.25) is 4.79 Å². The Bertz CT molecular complexity index is 216. The van der Waals surface area contributed by atoms with Crippen LogP contribution in [0.1, 0.15) is 21.7 Å². The number of nitrogens with one attached hydrogen (secondary N) is 1. The maximum Gasteiger partial charge on any atom is 0.222 e. The molecule has 0 unspecified atom stereocenters. The van der Waals surface area contributed by atoms with Crippen LogP contribution in [0.3, 0.4) is 0 Å². The van der Waals surface area contributed by atoms with Crippen molar-refractivity contribution in [1.82, 2.24) is 5.32 Å². The minimum absolute atomic E-state index is 0. The van der Waals surface area contributed by atoms with Gasteiger partial charge in [-0.1, -0.05) is 25.3 Å². The molecule has 0 atom stereocenters. The number of allylic oxidation sites excluding steroid dienone is 1. The van der Waals surface area contributed by atoms with Crippen LogP contribution in [0.25, 0.3) is 0 Å². The average molecular weight is 188 g/mol. The Labute approximate surface area is 78.8 Å². The highest BCUT2D eigenvalue weighted by atomic mass is 32.2. The molecular formula is C8H16N2OS. The van der Waals surface area contributed by atoms with E-state index in [-0.39, 0.29) is 7.33 Å². The zero-order chi connectivity index (χ0) is 9.56. The molecule has 0 spiro atoms. The van der Waals surface area contributed by atoms with Crippen molar-refractivity contribution in [3.63, 3.8) is 0 Å². The standard InChI is InChI=1S/C8H14N2OS.H2/c1-5-6(2)9-8(12-4)10-7(3)11;/h2,5H2,1,3-4H3,(H,9,10,11);1H. The zero-order valence-corrected chi connectivity index (χ0v) is 8.49. The van der Waals surface area contributed by atoms with Crippen molar-refractivity contribution in [3.8, 4) is 0 Å². The molecule has 0 saturated heterocycles. The third-order valence-corrected chi connectivity index (χ3v) is 1.72. The maximum absolute atomic E-state index is 10.6. The number of nitrogens with zero attached hydrogens (tertiary/aromatic N) is 1. The summed E-state index contributed by atoms with van der Waals surface area (Å²) < 4.78 is 0. The number of hydrogen-bond donors (Lipinski definition) is 1. The normalized spacial score (nSPS) is 11.1. The summed E-state index contributed by atoms with van der Waals surface area (Å²) in [7, 11) is 0. The minimum atomic E-state index is -0.105. The number of amidine groups is 1. The summed E-state index contributed by atoms with van der Waals surface area (Å²) in [6.45, 7) is 7.14. The molecule has 0 aromatic heterocycles. The zero-order valence-electron chi connectivity index (χ0n) is 7.68. The summed E-state index contributed by atoms with van der Waals surface area (Å²) in [5, 5.41) is 3.21. The van der Waals surface area contributed by atoms with E-state index >= 15 is 0 Å². The summed E-state index contributed by atoms with van der Waals surface area (Å²) >= 11 is 1.40. The number of hydrogen-bond acceptors (Lipinski definition) is 3. The fourth-order valence-electron chi connectivity index (χ4n) is 0.498. The molecule has 0 fully saturated rings. The summed E-state index contributed by atoms with van der Waals surface area (Å²) in [4.78, 5) is 14.8. The molecule has 1 N–H and O–H groups in total. The van der Waals surface area contributed by atoms with Gasteiger partial charge in [0, 0.05) is 14.0 Å². The predicted octanol–water partition coefficient (Wildman–Crippen LogP) is 2.01. The highest BCUT2D eigenvalue weighted by Crippen LogP contribution is 2.03. The van der Waals surface area contributed by atoms with Crippen LogP contribution < -0.4 is 5.32 Å². The summed E-state index contributed by atoms with van der Waals surface area (Å²) in [5.74, 6) is -0.105. The van der Waals surface area contributed by atoms with Crippen LogP contribution in [-0.2, 0) is 4.79 Å². The van der Waals surface area contributed by atoms with E-state index < -0.39 is 0 Å². The maximum atomic E-state index is 10.6. The fraction of sp³-hybridized carbons (Fsp3) is 0.500. The largest absolute Gasteiger partial charge is 0.305 e. The van der Waals surface area contributed by atoms with Crippen LogP contribution in [0.5, 0.6) is 0 Å². The van der Waals surface area contributed by atoms with E-state index in [1.807, 2.05) is 13.2 Å². The van der Waals surface area contributed by atoms with E-state index in [0.29, 0.717) is 5.17 Å². The van der Waals surface area contributed by atoms with E-state index in [1.165, 1.54) is 18.7 Å². The number of aliphatic imine (C=N–C) groups is 1. The van der Waals surface area contributed by atoms with Gasteiger partial charge in [-0.2, -0.15) is 0 Å². The van der Waals surface area contributed by atoms with Crippen LogP contribution in [-0.4, -0.2) is 17.3 Å². The molecule has 0 heterocycles. The number of thioether (sulfide) groups is 1. The molecule has 3 nitrogen and oxygen atoms in total. The second-order valence-corrected chi connectivity index (χ2v) is 3.02. The highest BCUT2D eigenvalue weighted by Gasteiger charge is 1.98. The second-order valence-electron chi connectivity index (χ2n) is 2.22. The van der Waals surface area contributed by atoms with Crippen LogP contribution in [0, 0.1) is 0 Å². The fourth-order valence-corrected chi connectivity index (χ4v) is 0.964. The first-order valence-electron chi connectivity index (χ1n) is 3.68. The Hall–Kier alpha value is -0.770. The summed E-state index contributed by atoms with van der Waals surface area (Å²) in [5.41, 5.74) is 0.771. The number of carbonyl (C=O) groups excluding carboxylic acids is 1. The Kier molecular flexibility index (Phi) is 5.45. The molecule has 4 heteroatoms. The second kappa shape index (κ2) is 5.83. The first kappa shape index (κ1) is 11.2. The first-order chi connectivity index (χ1) is 5.60. The van der Waals surface area contributed by atoms with Gasteiger partial charge in [-0.05, 0) is 12.7 Å². The Balaban J connectivity index is 0. The summed E-state index contributed by atoms with van der Waals surface area (Å²) in [6, 6.07) is 0. The monoisotopic (exact) mass is 188 g/mol. The van der Waals surface area contributed by atoms with E-state index in [9.17, 15) is 4.79 Å². The highest BCUT2D eigenvalue weighted by molar-refractivity contribution is 8.13. The molecule has 0 radical (unpaired) electrons. The van der Waals surface area contributed by atoms with Gasteiger partial charge >= 0.3 is 0 Å². The van der Waals surface area contributed by atoms with Gasteiger partial charge in [0.25, 0.3) is 0 Å². The molecule has 0 aromatic carbocycles. The molecule has 0 aliphatic rings. The molecule has 0 aromatic rings. The molecular weight excluding hydrogens is 172 g/mol. The number of rotatable bonds is 2. The topological polar surface area (TPSA) is 41.5 Å². The van der Waals surface area contributed by atoms with E-state index in [1.54, 1.807) is 0 Å². The van der Waals surface area contributed by atoms with Crippen molar-refractivity contribution in [1.29, 1.82) is 0 Å². The number of carbonyl (C=O) groups is 1. The van der Waals surface area contributed by atoms with E-state index in [4.69, 9.17) is 0 Å². The average Bonchev–Trinajstić information content (AvgIpc) is 2.02. The molecule has 1 amide bonds. The molecule has 12 heavy (non-hydrogen) atoms. The van der Waals surface area contributed by atoms with E-state index in [0.717, 1.165) is 12.1 Å². The van der Waals surface area contributed by atoms with Crippen molar-refractivity contribution in [2.75, 3.05) is 6.26 Å². The van der Waals surface area contributed by atoms with Crippen LogP contribution in [0.4, 0.5) is 0 Å². The van der Waals surface area contributed by atoms with Gasteiger partial charge < -0.3 is 5.32 Å². The minimum Gasteiger partial charge on any atom is -0.305 e. The van der Waals surface area contributed by atoms with E-state index in [2.05, 4.69) is 16.9 Å². The van der Waals surface area contributed by atoms with Gasteiger partial charge in [0.05, 0.1) is 0 Å². The van der Waals surface area contributed by atoms with Crippen LogP contribution in [0.15, 0.2) is 17.3 Å². The lowest BCUT2D eigenvalue weighted by molar-refractivity contribution is -0.117. The lowest BCUT2D eigenvalue weighted by Gasteiger charge is -2.03. The molecule has 0 bridgehead atoms. The van der Waals surface area contributed by atoms with Crippen LogP contribution in [0.2, 0.25) is 0 Å².